The van der Waals surface area contributed by atoms with E-state index in [1.807, 2.05) is 0 Å². The van der Waals surface area contributed by atoms with Gasteiger partial charge in [-0.15, -0.1) is 0 Å². The first-order valence-corrected chi connectivity index (χ1v) is 6.08. The Hall–Kier alpha value is 0.0300. The maximum Gasteiger partial charge on any atom is 0.152 e. The minimum Gasteiger partial charge on any atom is -0.317 e. The van der Waals surface area contributed by atoms with Gasteiger partial charge in [0.05, 0.1) is 5.75 Å². The molecule has 5 heteroatoms. The summed E-state index contributed by atoms with van der Waals surface area (Å²) in [6.45, 7) is 3.03. The molecule has 0 saturated carbocycles. The van der Waals surface area contributed by atoms with Crippen molar-refractivity contribution in [2.75, 3.05) is 25.4 Å². The second-order valence-electron chi connectivity index (χ2n) is 3.36. The van der Waals surface area contributed by atoms with Gasteiger partial charge in [0.2, 0.25) is 0 Å². The molecular formula is C8H18N2O2S. The number of piperidine rings is 1. The first-order chi connectivity index (χ1) is 6.29. The van der Waals surface area contributed by atoms with Crippen LogP contribution in [0.25, 0.3) is 0 Å². The van der Waals surface area contributed by atoms with Crippen LogP contribution in [-0.4, -0.2) is 40.2 Å². The zero-order valence-corrected chi connectivity index (χ0v) is 8.61. The van der Waals surface area contributed by atoms with E-state index in [4.69, 9.17) is 4.55 Å². The summed E-state index contributed by atoms with van der Waals surface area (Å²) in [5.41, 5.74) is 0. The summed E-state index contributed by atoms with van der Waals surface area (Å²) in [5.74, 6) is 0.387. The van der Waals surface area contributed by atoms with Gasteiger partial charge in [0, 0.05) is 6.04 Å². The SMILES string of the molecule is O=S(O)CCCNC1CCNCC1. The largest absolute Gasteiger partial charge is 0.317 e. The lowest BCUT2D eigenvalue weighted by atomic mass is 10.1. The van der Waals surface area contributed by atoms with Crippen molar-refractivity contribution in [1.29, 1.82) is 0 Å². The Balaban J connectivity index is 1.95. The lowest BCUT2D eigenvalue weighted by Crippen LogP contribution is -2.40. The molecule has 4 nitrogen and oxygen atoms in total. The highest BCUT2D eigenvalue weighted by atomic mass is 32.2. The fourth-order valence-corrected chi connectivity index (χ4v) is 1.92. The molecular weight excluding hydrogens is 188 g/mol. The van der Waals surface area contributed by atoms with Crippen molar-refractivity contribution in [2.24, 2.45) is 0 Å². The van der Waals surface area contributed by atoms with Crippen molar-refractivity contribution in [3.8, 4) is 0 Å². The molecule has 0 aliphatic carbocycles. The van der Waals surface area contributed by atoms with Crippen molar-refractivity contribution >= 4 is 11.1 Å². The molecule has 1 heterocycles. The molecule has 0 amide bonds. The highest BCUT2D eigenvalue weighted by molar-refractivity contribution is 7.79. The van der Waals surface area contributed by atoms with Gasteiger partial charge in [-0.25, -0.2) is 4.21 Å². The highest BCUT2D eigenvalue weighted by Crippen LogP contribution is 2.01. The number of nitrogens with one attached hydrogen (secondary N) is 2. The van der Waals surface area contributed by atoms with Gasteiger partial charge >= 0.3 is 0 Å². The van der Waals surface area contributed by atoms with Gasteiger partial charge in [0.25, 0.3) is 0 Å². The van der Waals surface area contributed by atoms with Crippen molar-refractivity contribution in [1.82, 2.24) is 10.6 Å². The highest BCUT2D eigenvalue weighted by Gasteiger charge is 2.11. The molecule has 0 spiro atoms. The maximum atomic E-state index is 10.3. The number of rotatable bonds is 5. The average Bonchev–Trinajstić information content (AvgIpc) is 2.14. The van der Waals surface area contributed by atoms with Gasteiger partial charge in [0.15, 0.2) is 11.1 Å². The predicted octanol–water partition coefficient (Wildman–Crippen LogP) is -0.0602. The van der Waals surface area contributed by atoms with Crippen LogP contribution in [0.1, 0.15) is 19.3 Å². The molecule has 1 aliphatic rings. The van der Waals surface area contributed by atoms with E-state index in [0.717, 1.165) is 26.1 Å². The average molecular weight is 206 g/mol. The Morgan fingerprint density at radius 2 is 2.15 bits per heavy atom. The third kappa shape index (κ3) is 5.36. The van der Waals surface area contributed by atoms with Crippen LogP contribution in [0.5, 0.6) is 0 Å². The van der Waals surface area contributed by atoms with Gasteiger partial charge in [-0.05, 0) is 38.9 Å². The Morgan fingerprint density at radius 3 is 2.77 bits per heavy atom. The molecule has 78 valence electrons. The number of hydrogen-bond acceptors (Lipinski definition) is 3. The lowest BCUT2D eigenvalue weighted by Gasteiger charge is -2.23. The fraction of sp³-hybridized carbons (Fsp3) is 1.00. The molecule has 0 bridgehead atoms. The molecule has 1 saturated heterocycles. The Kier molecular flexibility index (Phi) is 5.54. The summed E-state index contributed by atoms with van der Waals surface area (Å²) < 4.78 is 18.8. The quantitative estimate of drug-likeness (QED) is 0.436. The van der Waals surface area contributed by atoms with E-state index < -0.39 is 11.1 Å². The summed E-state index contributed by atoms with van der Waals surface area (Å²) in [5, 5.41) is 6.69. The van der Waals surface area contributed by atoms with Crippen molar-refractivity contribution in [3.05, 3.63) is 0 Å². The van der Waals surface area contributed by atoms with E-state index in [1.54, 1.807) is 0 Å². The molecule has 3 N–H and O–H groups in total. The second kappa shape index (κ2) is 6.48. The van der Waals surface area contributed by atoms with E-state index in [-0.39, 0.29) is 0 Å². The van der Waals surface area contributed by atoms with Crippen LogP contribution in [0.3, 0.4) is 0 Å². The van der Waals surface area contributed by atoms with Gasteiger partial charge in [-0.3, -0.25) is 0 Å². The molecule has 1 atom stereocenters. The Labute approximate surface area is 81.8 Å². The summed E-state index contributed by atoms with van der Waals surface area (Å²) in [7, 11) is 0. The minimum absolute atomic E-state index is 0.387. The van der Waals surface area contributed by atoms with Gasteiger partial charge in [-0.2, -0.15) is 0 Å². The molecule has 0 aromatic rings. The lowest BCUT2D eigenvalue weighted by molar-refractivity contribution is 0.388. The van der Waals surface area contributed by atoms with Crippen LogP contribution in [0, 0.1) is 0 Å². The normalized spacial score (nSPS) is 21.6. The molecule has 1 aliphatic heterocycles. The molecule has 0 radical (unpaired) electrons. The molecule has 1 rings (SSSR count). The van der Waals surface area contributed by atoms with E-state index in [0.29, 0.717) is 11.8 Å². The predicted molar refractivity (Wildman–Crippen MR) is 54.1 cm³/mol. The summed E-state index contributed by atoms with van der Waals surface area (Å²) in [6.07, 6.45) is 3.12. The van der Waals surface area contributed by atoms with Crippen LogP contribution in [0.15, 0.2) is 0 Å². The summed E-state index contributed by atoms with van der Waals surface area (Å²) >= 11 is -1.62. The molecule has 13 heavy (non-hydrogen) atoms. The molecule has 0 aromatic heterocycles. The first-order valence-electron chi connectivity index (χ1n) is 4.80. The van der Waals surface area contributed by atoms with Crippen LogP contribution in [0.2, 0.25) is 0 Å². The second-order valence-corrected chi connectivity index (χ2v) is 4.41. The smallest absolute Gasteiger partial charge is 0.152 e. The van der Waals surface area contributed by atoms with Crippen molar-refractivity contribution in [2.45, 2.75) is 25.3 Å². The fourth-order valence-electron chi connectivity index (χ4n) is 1.53. The van der Waals surface area contributed by atoms with Crippen LogP contribution < -0.4 is 10.6 Å². The standard InChI is InChI=1S/C8H18N2O2S/c11-13(12)7-1-4-10-8-2-5-9-6-3-8/h8-10H,1-7H2,(H,11,12). The van der Waals surface area contributed by atoms with Crippen molar-refractivity contribution < 1.29 is 8.76 Å². The van der Waals surface area contributed by atoms with E-state index in [2.05, 4.69) is 10.6 Å². The minimum atomic E-state index is -1.62. The molecule has 0 aromatic carbocycles. The monoisotopic (exact) mass is 206 g/mol. The summed E-state index contributed by atoms with van der Waals surface area (Å²) in [4.78, 5) is 0. The van der Waals surface area contributed by atoms with Gasteiger partial charge in [0.1, 0.15) is 0 Å². The van der Waals surface area contributed by atoms with Crippen molar-refractivity contribution in [3.63, 3.8) is 0 Å². The van der Waals surface area contributed by atoms with E-state index in [9.17, 15) is 4.21 Å². The Bertz CT molecular complexity index is 160. The summed E-state index contributed by atoms with van der Waals surface area (Å²) in [6, 6.07) is 0.605. The van der Waals surface area contributed by atoms with E-state index in [1.165, 1.54) is 12.8 Å². The van der Waals surface area contributed by atoms with Crippen LogP contribution >= 0.6 is 0 Å². The zero-order valence-electron chi connectivity index (χ0n) is 7.79. The maximum absolute atomic E-state index is 10.3. The van der Waals surface area contributed by atoms with E-state index >= 15 is 0 Å². The zero-order chi connectivity index (χ0) is 9.52. The Morgan fingerprint density at radius 1 is 1.46 bits per heavy atom. The molecule has 1 unspecified atom stereocenters. The van der Waals surface area contributed by atoms with Crippen LogP contribution in [-0.2, 0) is 11.1 Å². The van der Waals surface area contributed by atoms with Gasteiger partial charge in [-0.1, -0.05) is 0 Å². The third-order valence-corrected chi connectivity index (χ3v) is 2.91. The topological polar surface area (TPSA) is 61.4 Å². The number of hydrogen-bond donors (Lipinski definition) is 3. The third-order valence-electron chi connectivity index (χ3n) is 2.27. The first kappa shape index (κ1) is 11.1. The van der Waals surface area contributed by atoms with Gasteiger partial charge < -0.3 is 15.2 Å². The molecule has 1 fully saturated rings. The van der Waals surface area contributed by atoms with Crippen LogP contribution in [0.4, 0.5) is 0 Å².